The Morgan fingerprint density at radius 1 is 1.00 bits per heavy atom. The van der Waals surface area contributed by atoms with Gasteiger partial charge in [-0.25, -0.2) is 14.6 Å². The van der Waals surface area contributed by atoms with E-state index < -0.39 is 6.10 Å². The molecule has 1 atom stereocenters. The molecule has 5 heterocycles. The van der Waals surface area contributed by atoms with Gasteiger partial charge in [0.25, 0.3) is 0 Å². The van der Waals surface area contributed by atoms with E-state index in [4.69, 9.17) is 14.3 Å². The molecule has 3 aromatic heterocycles. The summed E-state index contributed by atoms with van der Waals surface area (Å²) in [7, 11) is 0. The van der Waals surface area contributed by atoms with Crippen molar-refractivity contribution in [2.75, 3.05) is 49.2 Å². The number of aliphatic hydroxyl groups excluding tert-OH is 1. The molecule has 0 saturated carbocycles. The van der Waals surface area contributed by atoms with Gasteiger partial charge < -0.3 is 19.6 Å². The average Bonchev–Trinajstić information content (AvgIpc) is 3.45. The number of rotatable bonds is 4. The summed E-state index contributed by atoms with van der Waals surface area (Å²) in [4.78, 5) is 14.9. The third-order valence-electron chi connectivity index (χ3n) is 5.51. The van der Waals surface area contributed by atoms with Crippen LogP contribution in [0.4, 0.5) is 11.6 Å². The van der Waals surface area contributed by atoms with Crippen molar-refractivity contribution >= 4 is 34.3 Å². The molecule has 1 N–H and O–H groups in total. The second-order valence-electron chi connectivity index (χ2n) is 7.17. The Balaban J connectivity index is 1.38. The number of nitrogens with zero attached hydrogens (tertiary/aromatic N) is 6. The normalized spacial score (nSPS) is 20.0. The van der Waals surface area contributed by atoms with E-state index in [9.17, 15) is 5.11 Å². The number of hydrogen-bond acceptors (Lipinski definition) is 10. The minimum Gasteiger partial charge on any atom is -0.387 e. The highest BCUT2D eigenvalue weighted by Crippen LogP contribution is 2.36. The molecule has 9 nitrogen and oxygen atoms in total. The first-order chi connectivity index (χ1) is 13.8. The van der Waals surface area contributed by atoms with Gasteiger partial charge in [0.05, 0.1) is 19.3 Å². The van der Waals surface area contributed by atoms with Gasteiger partial charge in [-0.05, 0) is 40.5 Å². The Kier molecular flexibility index (Phi) is 4.83. The van der Waals surface area contributed by atoms with Crippen molar-refractivity contribution in [1.29, 1.82) is 0 Å². The number of aliphatic hydroxyl groups is 1. The molecule has 0 bridgehead atoms. The van der Waals surface area contributed by atoms with Crippen molar-refractivity contribution in [3.63, 3.8) is 0 Å². The van der Waals surface area contributed by atoms with E-state index >= 15 is 0 Å². The number of morpholine rings is 1. The van der Waals surface area contributed by atoms with E-state index in [2.05, 4.69) is 25.1 Å². The highest BCUT2D eigenvalue weighted by atomic mass is 32.1. The molecule has 1 unspecified atom stereocenters. The number of fused-ring (bicyclic) bond motifs is 1. The topological polar surface area (TPSA) is 101 Å². The Hall–Kier alpha value is -2.30. The van der Waals surface area contributed by atoms with Crippen LogP contribution in [-0.2, 0) is 4.74 Å². The molecule has 0 spiro atoms. The van der Waals surface area contributed by atoms with Crippen LogP contribution in [0.5, 0.6) is 0 Å². The fraction of sp³-hybridized carbons (Fsp3) is 0.556. The van der Waals surface area contributed by atoms with Crippen molar-refractivity contribution < 1.29 is 14.5 Å². The third kappa shape index (κ3) is 3.31. The number of thiophene rings is 1. The molecule has 28 heavy (non-hydrogen) atoms. The van der Waals surface area contributed by atoms with Crippen LogP contribution < -0.4 is 9.80 Å². The Bertz CT molecular complexity index is 919. The molecule has 3 aromatic rings. The van der Waals surface area contributed by atoms with Gasteiger partial charge in [-0.2, -0.15) is 0 Å². The quantitative estimate of drug-likeness (QED) is 0.701. The molecule has 2 aliphatic rings. The summed E-state index contributed by atoms with van der Waals surface area (Å²) in [5, 5.41) is 20.4. The SMILES string of the molecule is OC(c1cccs1)C1CCN(c2nc3nonc3nc2N2CCOCC2)CC1. The van der Waals surface area contributed by atoms with Crippen molar-refractivity contribution in [1.82, 2.24) is 20.3 Å². The first-order valence-corrected chi connectivity index (χ1v) is 10.5. The molecule has 2 saturated heterocycles. The van der Waals surface area contributed by atoms with Crippen molar-refractivity contribution in [2.24, 2.45) is 5.92 Å². The fourth-order valence-electron chi connectivity index (χ4n) is 3.94. The highest BCUT2D eigenvalue weighted by molar-refractivity contribution is 7.10. The third-order valence-corrected chi connectivity index (χ3v) is 6.45. The molecule has 0 aliphatic carbocycles. The van der Waals surface area contributed by atoms with Crippen LogP contribution in [0, 0.1) is 5.92 Å². The number of ether oxygens (including phenoxy) is 1. The zero-order chi connectivity index (χ0) is 18.9. The summed E-state index contributed by atoms with van der Waals surface area (Å²) in [6, 6.07) is 4.00. The van der Waals surface area contributed by atoms with Crippen molar-refractivity contribution in [3.05, 3.63) is 22.4 Å². The van der Waals surface area contributed by atoms with E-state index in [-0.39, 0.29) is 5.92 Å². The predicted molar refractivity (Wildman–Crippen MR) is 105 cm³/mol. The lowest BCUT2D eigenvalue weighted by Crippen LogP contribution is -2.40. The minimum absolute atomic E-state index is 0.257. The average molecular weight is 402 g/mol. The van der Waals surface area contributed by atoms with Crippen LogP contribution >= 0.6 is 11.3 Å². The van der Waals surface area contributed by atoms with Crippen molar-refractivity contribution in [2.45, 2.75) is 18.9 Å². The largest absolute Gasteiger partial charge is 0.387 e. The van der Waals surface area contributed by atoms with E-state index in [1.807, 2.05) is 17.5 Å². The molecular formula is C18H22N6O3S. The lowest BCUT2D eigenvalue weighted by Gasteiger charge is -2.37. The monoisotopic (exact) mass is 402 g/mol. The Labute approximate surface area is 165 Å². The summed E-state index contributed by atoms with van der Waals surface area (Å²) < 4.78 is 10.3. The van der Waals surface area contributed by atoms with Crippen LogP contribution in [-0.4, -0.2) is 64.8 Å². The summed E-state index contributed by atoms with van der Waals surface area (Å²) in [6.07, 6.45) is 1.41. The number of aromatic nitrogens is 4. The minimum atomic E-state index is -0.394. The predicted octanol–water partition coefficient (Wildman–Crippen LogP) is 1.86. The van der Waals surface area contributed by atoms with Gasteiger partial charge in [0.1, 0.15) is 0 Å². The molecule has 5 rings (SSSR count). The van der Waals surface area contributed by atoms with E-state index in [1.54, 1.807) is 11.3 Å². The molecule has 2 aliphatic heterocycles. The number of hydrogen-bond donors (Lipinski definition) is 1. The maximum atomic E-state index is 10.7. The van der Waals surface area contributed by atoms with Gasteiger partial charge in [-0.3, -0.25) is 0 Å². The zero-order valence-corrected chi connectivity index (χ0v) is 16.2. The van der Waals surface area contributed by atoms with Crippen LogP contribution in [0.3, 0.4) is 0 Å². The van der Waals surface area contributed by atoms with Crippen LogP contribution in [0.1, 0.15) is 23.8 Å². The van der Waals surface area contributed by atoms with E-state index in [1.165, 1.54) is 0 Å². The first kappa shape index (κ1) is 17.8. The second kappa shape index (κ2) is 7.61. The Morgan fingerprint density at radius 3 is 2.25 bits per heavy atom. The van der Waals surface area contributed by atoms with Gasteiger partial charge in [0, 0.05) is 31.1 Å². The lowest BCUT2D eigenvalue weighted by molar-refractivity contribution is 0.0960. The van der Waals surface area contributed by atoms with Gasteiger partial charge in [-0.1, -0.05) is 6.07 Å². The fourth-order valence-corrected chi connectivity index (χ4v) is 4.74. The smallest absolute Gasteiger partial charge is 0.245 e. The van der Waals surface area contributed by atoms with Crippen LogP contribution in [0.25, 0.3) is 11.3 Å². The molecule has 0 aromatic carbocycles. The van der Waals surface area contributed by atoms with Crippen LogP contribution in [0.2, 0.25) is 0 Å². The maximum absolute atomic E-state index is 10.7. The molecule has 10 heteroatoms. The highest BCUT2D eigenvalue weighted by Gasteiger charge is 2.30. The molecular weight excluding hydrogens is 380 g/mol. The molecule has 0 radical (unpaired) electrons. The van der Waals surface area contributed by atoms with Gasteiger partial charge in [0.2, 0.25) is 11.3 Å². The summed E-state index contributed by atoms with van der Waals surface area (Å²) in [5.41, 5.74) is 0.848. The molecule has 0 amide bonds. The Morgan fingerprint density at radius 2 is 1.64 bits per heavy atom. The van der Waals surface area contributed by atoms with Gasteiger partial charge in [-0.15, -0.1) is 11.3 Å². The number of anilines is 2. The zero-order valence-electron chi connectivity index (χ0n) is 15.4. The molecule has 2 fully saturated rings. The molecule has 148 valence electrons. The summed E-state index contributed by atoms with van der Waals surface area (Å²) in [6.45, 7) is 4.51. The maximum Gasteiger partial charge on any atom is 0.245 e. The van der Waals surface area contributed by atoms with E-state index in [0.717, 1.165) is 55.5 Å². The standard InChI is InChI=1S/C18H22N6O3S/c25-14(13-2-1-11-28-13)12-3-5-23(6-4-12)17-18(24-7-9-26-10-8-24)20-16-15(19-17)21-27-22-16/h1-2,11-12,14,25H,3-10H2. The second-order valence-corrected chi connectivity index (χ2v) is 8.15. The summed E-state index contributed by atoms with van der Waals surface area (Å²) in [5.74, 6) is 1.88. The summed E-state index contributed by atoms with van der Waals surface area (Å²) >= 11 is 1.62. The lowest BCUT2D eigenvalue weighted by atomic mass is 9.90. The first-order valence-electron chi connectivity index (χ1n) is 9.59. The van der Waals surface area contributed by atoms with Crippen LogP contribution in [0.15, 0.2) is 22.1 Å². The van der Waals surface area contributed by atoms with Gasteiger partial charge >= 0.3 is 0 Å². The van der Waals surface area contributed by atoms with E-state index in [0.29, 0.717) is 24.5 Å². The number of piperidine rings is 1. The van der Waals surface area contributed by atoms with Crippen molar-refractivity contribution in [3.8, 4) is 0 Å². The van der Waals surface area contributed by atoms with Gasteiger partial charge in [0.15, 0.2) is 11.6 Å².